The number of rotatable bonds is 5. The van der Waals surface area contributed by atoms with Crippen molar-refractivity contribution in [3.63, 3.8) is 0 Å². The lowest BCUT2D eigenvalue weighted by molar-refractivity contribution is -0.0305. The molecular formula is C21H26N2O2. The molecule has 1 heterocycles. The van der Waals surface area contributed by atoms with Crippen molar-refractivity contribution in [3.8, 4) is 0 Å². The molecule has 25 heavy (non-hydrogen) atoms. The highest BCUT2D eigenvalue weighted by Crippen LogP contribution is 2.15. The summed E-state index contributed by atoms with van der Waals surface area (Å²) >= 11 is 0. The Balaban J connectivity index is 1.61. The summed E-state index contributed by atoms with van der Waals surface area (Å²) in [5.74, 6) is 0.0470. The van der Waals surface area contributed by atoms with E-state index in [1.165, 1.54) is 11.1 Å². The summed E-state index contributed by atoms with van der Waals surface area (Å²) < 4.78 is 5.94. The number of morpholine rings is 1. The third-order valence-corrected chi connectivity index (χ3v) is 4.52. The molecule has 1 fully saturated rings. The molecule has 2 aromatic rings. The highest BCUT2D eigenvalue weighted by Gasteiger charge is 2.21. The average Bonchev–Trinajstić information content (AvgIpc) is 2.62. The molecule has 4 heteroatoms. The SMILES string of the molecule is CN(C)C(=O)c1cccc(CN2CCO[C@H](Cc3ccccc3)C2)c1. The molecule has 2 aromatic carbocycles. The molecule has 1 aliphatic rings. The lowest BCUT2D eigenvalue weighted by Gasteiger charge is -2.33. The third kappa shape index (κ3) is 4.91. The van der Waals surface area contributed by atoms with Gasteiger partial charge in [-0.05, 0) is 29.7 Å². The van der Waals surface area contributed by atoms with Crippen molar-refractivity contribution in [1.29, 1.82) is 0 Å². The zero-order valence-corrected chi connectivity index (χ0v) is 15.0. The predicted molar refractivity (Wildman–Crippen MR) is 99.6 cm³/mol. The van der Waals surface area contributed by atoms with E-state index in [0.717, 1.165) is 38.2 Å². The van der Waals surface area contributed by atoms with Crippen LogP contribution in [0.25, 0.3) is 0 Å². The van der Waals surface area contributed by atoms with Crippen molar-refractivity contribution in [2.24, 2.45) is 0 Å². The van der Waals surface area contributed by atoms with Crippen molar-refractivity contribution in [1.82, 2.24) is 9.80 Å². The van der Waals surface area contributed by atoms with Crippen LogP contribution in [0.15, 0.2) is 54.6 Å². The fourth-order valence-corrected chi connectivity index (χ4v) is 3.24. The molecule has 0 saturated carbocycles. The van der Waals surface area contributed by atoms with Gasteiger partial charge in [-0.1, -0.05) is 42.5 Å². The van der Waals surface area contributed by atoms with Gasteiger partial charge in [0.2, 0.25) is 0 Å². The molecule has 0 aromatic heterocycles. The van der Waals surface area contributed by atoms with Crippen molar-refractivity contribution >= 4 is 5.91 Å². The van der Waals surface area contributed by atoms with Crippen LogP contribution in [0.1, 0.15) is 21.5 Å². The van der Waals surface area contributed by atoms with Gasteiger partial charge in [-0.2, -0.15) is 0 Å². The Kier molecular flexibility index (Phi) is 5.84. The normalized spacial score (nSPS) is 18.1. The second-order valence-electron chi connectivity index (χ2n) is 6.82. The maximum absolute atomic E-state index is 12.1. The number of hydrogen-bond donors (Lipinski definition) is 0. The smallest absolute Gasteiger partial charge is 0.253 e. The van der Waals surface area contributed by atoms with Gasteiger partial charge in [-0.3, -0.25) is 9.69 Å². The molecule has 0 N–H and O–H groups in total. The molecule has 3 rings (SSSR count). The first-order valence-electron chi connectivity index (χ1n) is 8.80. The Hall–Kier alpha value is -2.17. The topological polar surface area (TPSA) is 32.8 Å². The summed E-state index contributed by atoms with van der Waals surface area (Å²) in [6.45, 7) is 3.45. The first kappa shape index (κ1) is 17.6. The van der Waals surface area contributed by atoms with Crippen LogP contribution in [-0.2, 0) is 17.7 Å². The number of ether oxygens (including phenoxy) is 1. The van der Waals surface area contributed by atoms with Crippen LogP contribution in [0.4, 0.5) is 0 Å². The van der Waals surface area contributed by atoms with Gasteiger partial charge >= 0.3 is 0 Å². The first-order chi connectivity index (χ1) is 12.1. The molecule has 0 aliphatic carbocycles. The maximum Gasteiger partial charge on any atom is 0.253 e. The molecule has 1 aliphatic heterocycles. The zero-order valence-electron chi connectivity index (χ0n) is 15.0. The highest BCUT2D eigenvalue weighted by molar-refractivity contribution is 5.94. The Morgan fingerprint density at radius 1 is 1.12 bits per heavy atom. The van der Waals surface area contributed by atoms with Crippen LogP contribution in [-0.4, -0.2) is 55.6 Å². The maximum atomic E-state index is 12.1. The molecule has 1 saturated heterocycles. The minimum Gasteiger partial charge on any atom is -0.375 e. The van der Waals surface area contributed by atoms with E-state index in [1.54, 1.807) is 19.0 Å². The molecule has 1 amide bonds. The summed E-state index contributed by atoms with van der Waals surface area (Å²) in [6.07, 6.45) is 1.17. The van der Waals surface area contributed by atoms with Crippen LogP contribution in [0, 0.1) is 0 Å². The van der Waals surface area contributed by atoms with E-state index in [0.29, 0.717) is 0 Å². The first-order valence-corrected chi connectivity index (χ1v) is 8.80. The average molecular weight is 338 g/mol. The molecule has 0 bridgehead atoms. The Morgan fingerprint density at radius 3 is 2.64 bits per heavy atom. The summed E-state index contributed by atoms with van der Waals surface area (Å²) in [7, 11) is 3.57. The minimum atomic E-state index is 0.0470. The summed E-state index contributed by atoms with van der Waals surface area (Å²) in [4.78, 5) is 16.2. The Morgan fingerprint density at radius 2 is 1.88 bits per heavy atom. The number of amides is 1. The van der Waals surface area contributed by atoms with Gasteiger partial charge in [0.1, 0.15) is 0 Å². The summed E-state index contributed by atoms with van der Waals surface area (Å²) in [5, 5.41) is 0. The molecular weight excluding hydrogens is 312 g/mol. The van der Waals surface area contributed by atoms with Crippen LogP contribution in [0.5, 0.6) is 0 Å². The molecule has 0 spiro atoms. The quantitative estimate of drug-likeness (QED) is 0.840. The Bertz CT molecular complexity index is 700. The van der Waals surface area contributed by atoms with Gasteiger partial charge in [0.15, 0.2) is 0 Å². The number of hydrogen-bond acceptors (Lipinski definition) is 3. The van der Waals surface area contributed by atoms with E-state index < -0.39 is 0 Å². The van der Waals surface area contributed by atoms with Gasteiger partial charge in [0.05, 0.1) is 12.7 Å². The lowest BCUT2D eigenvalue weighted by atomic mass is 10.1. The number of carbonyl (C=O) groups excluding carboxylic acids is 1. The van der Waals surface area contributed by atoms with Crippen LogP contribution < -0.4 is 0 Å². The second-order valence-corrected chi connectivity index (χ2v) is 6.82. The van der Waals surface area contributed by atoms with Crippen LogP contribution in [0.2, 0.25) is 0 Å². The monoisotopic (exact) mass is 338 g/mol. The number of carbonyl (C=O) groups is 1. The van der Waals surface area contributed by atoms with Crippen molar-refractivity contribution < 1.29 is 9.53 Å². The standard InChI is InChI=1S/C21H26N2O2/c1-22(2)21(24)19-10-6-9-18(13-19)15-23-11-12-25-20(16-23)14-17-7-4-3-5-8-17/h3-10,13,20H,11-12,14-16H2,1-2H3/t20-/m1/s1. The third-order valence-electron chi connectivity index (χ3n) is 4.52. The van der Waals surface area contributed by atoms with Crippen molar-refractivity contribution in [3.05, 3.63) is 71.3 Å². The van der Waals surface area contributed by atoms with Gasteiger partial charge in [-0.25, -0.2) is 0 Å². The van der Waals surface area contributed by atoms with Gasteiger partial charge in [-0.15, -0.1) is 0 Å². The fraction of sp³-hybridized carbons (Fsp3) is 0.381. The van der Waals surface area contributed by atoms with E-state index in [-0.39, 0.29) is 12.0 Å². The fourth-order valence-electron chi connectivity index (χ4n) is 3.24. The predicted octanol–water partition coefficient (Wildman–Crippen LogP) is 2.83. The van der Waals surface area contributed by atoms with E-state index in [9.17, 15) is 4.79 Å². The van der Waals surface area contributed by atoms with Crippen molar-refractivity contribution in [2.45, 2.75) is 19.1 Å². The highest BCUT2D eigenvalue weighted by atomic mass is 16.5. The number of nitrogens with zero attached hydrogens (tertiary/aromatic N) is 2. The molecule has 0 unspecified atom stereocenters. The lowest BCUT2D eigenvalue weighted by Crippen LogP contribution is -2.42. The van der Waals surface area contributed by atoms with E-state index in [1.807, 2.05) is 24.3 Å². The summed E-state index contributed by atoms with van der Waals surface area (Å²) in [5.41, 5.74) is 3.23. The Labute approximate surface area is 150 Å². The molecule has 0 radical (unpaired) electrons. The molecule has 4 nitrogen and oxygen atoms in total. The largest absolute Gasteiger partial charge is 0.375 e. The van der Waals surface area contributed by atoms with Crippen LogP contribution in [0.3, 0.4) is 0 Å². The zero-order chi connectivity index (χ0) is 17.6. The molecule has 1 atom stereocenters. The van der Waals surface area contributed by atoms with E-state index in [2.05, 4.69) is 35.2 Å². The molecule has 132 valence electrons. The van der Waals surface area contributed by atoms with E-state index >= 15 is 0 Å². The van der Waals surface area contributed by atoms with Gasteiger partial charge in [0.25, 0.3) is 5.91 Å². The van der Waals surface area contributed by atoms with Crippen molar-refractivity contribution in [2.75, 3.05) is 33.8 Å². The van der Waals surface area contributed by atoms with Gasteiger partial charge < -0.3 is 9.64 Å². The second kappa shape index (κ2) is 8.28. The van der Waals surface area contributed by atoms with Crippen LogP contribution >= 0.6 is 0 Å². The summed E-state index contributed by atoms with van der Waals surface area (Å²) in [6, 6.07) is 18.4. The van der Waals surface area contributed by atoms with Gasteiger partial charge in [0, 0.05) is 39.3 Å². The minimum absolute atomic E-state index is 0.0470. The number of benzene rings is 2. The van der Waals surface area contributed by atoms with E-state index in [4.69, 9.17) is 4.74 Å².